The number of hydrogen-bond donors (Lipinski definition) is 2. The second-order valence-corrected chi connectivity index (χ2v) is 11.7. The Morgan fingerprint density at radius 3 is 2.59 bits per heavy atom. The van der Waals surface area contributed by atoms with Crippen LogP contribution in [-0.4, -0.2) is 56.0 Å². The molecule has 0 radical (unpaired) electrons. The van der Waals surface area contributed by atoms with Crippen molar-refractivity contribution >= 4 is 27.7 Å². The second-order valence-electron chi connectivity index (χ2n) is 8.45. The summed E-state index contributed by atoms with van der Waals surface area (Å²) in [6.45, 7) is 2.73. The fourth-order valence-corrected chi connectivity index (χ4v) is 7.19. The number of aliphatic imine (C=N–C) groups is 1. The second kappa shape index (κ2) is 8.86. The molecule has 2 aliphatic carbocycles. The van der Waals surface area contributed by atoms with E-state index < -0.39 is 10.0 Å². The van der Waals surface area contributed by atoms with Crippen LogP contribution in [0.5, 0.6) is 0 Å². The van der Waals surface area contributed by atoms with E-state index in [9.17, 15) is 8.42 Å². The average Bonchev–Trinajstić information content (AvgIpc) is 3.53. The van der Waals surface area contributed by atoms with Gasteiger partial charge in [-0.3, -0.25) is 4.99 Å². The average molecular weight is 437 g/mol. The molecule has 1 aromatic carbocycles. The van der Waals surface area contributed by atoms with Crippen molar-refractivity contribution in [3.63, 3.8) is 0 Å². The molecule has 4 rings (SSSR count). The molecule has 3 fully saturated rings. The van der Waals surface area contributed by atoms with E-state index in [0.717, 1.165) is 43.2 Å². The van der Waals surface area contributed by atoms with E-state index in [1.54, 1.807) is 12.1 Å². The van der Waals surface area contributed by atoms with Gasteiger partial charge in [0.1, 0.15) is 0 Å². The lowest BCUT2D eigenvalue weighted by Gasteiger charge is -2.45. The number of rotatable bonds is 5. The molecule has 2 N–H and O–H groups in total. The van der Waals surface area contributed by atoms with Gasteiger partial charge in [-0.2, -0.15) is 11.8 Å². The third kappa shape index (κ3) is 5.27. The van der Waals surface area contributed by atoms with Gasteiger partial charge in [0.2, 0.25) is 10.0 Å². The zero-order valence-corrected chi connectivity index (χ0v) is 18.8. The normalized spacial score (nSPS) is 22.7. The van der Waals surface area contributed by atoms with Gasteiger partial charge in [-0.25, -0.2) is 13.1 Å². The molecular formula is C21H32N4O2S2. The van der Waals surface area contributed by atoms with Crippen molar-refractivity contribution in [3.05, 3.63) is 29.8 Å². The Morgan fingerprint density at radius 2 is 1.93 bits per heavy atom. The highest BCUT2D eigenvalue weighted by Gasteiger charge is 2.38. The SMILES string of the molecule is CN=C(NCc1ccc(S(=O)(=O)NC2CC2)cc1)N1CCSC2(CCCCC2)C1. The van der Waals surface area contributed by atoms with Crippen molar-refractivity contribution in [2.24, 2.45) is 4.99 Å². The number of sulfonamides is 1. The van der Waals surface area contributed by atoms with E-state index >= 15 is 0 Å². The molecule has 2 saturated carbocycles. The van der Waals surface area contributed by atoms with Crippen molar-refractivity contribution < 1.29 is 8.42 Å². The first-order valence-electron chi connectivity index (χ1n) is 10.7. The largest absolute Gasteiger partial charge is 0.352 e. The molecule has 1 aliphatic heterocycles. The van der Waals surface area contributed by atoms with Gasteiger partial charge in [-0.05, 0) is 43.4 Å². The predicted octanol–water partition coefficient (Wildman–Crippen LogP) is 2.95. The van der Waals surface area contributed by atoms with Gasteiger partial charge in [-0.1, -0.05) is 31.4 Å². The van der Waals surface area contributed by atoms with Crippen LogP contribution in [0.25, 0.3) is 0 Å². The number of benzene rings is 1. The lowest BCUT2D eigenvalue weighted by Crippen LogP contribution is -2.53. The van der Waals surface area contributed by atoms with Gasteiger partial charge < -0.3 is 10.2 Å². The van der Waals surface area contributed by atoms with Gasteiger partial charge >= 0.3 is 0 Å². The summed E-state index contributed by atoms with van der Waals surface area (Å²) in [5.41, 5.74) is 1.05. The fraction of sp³-hybridized carbons (Fsp3) is 0.667. The predicted molar refractivity (Wildman–Crippen MR) is 120 cm³/mol. The molecule has 1 spiro atoms. The summed E-state index contributed by atoms with van der Waals surface area (Å²) in [5, 5.41) is 3.48. The Kier molecular flexibility index (Phi) is 6.41. The van der Waals surface area contributed by atoms with Crippen LogP contribution >= 0.6 is 11.8 Å². The maximum atomic E-state index is 12.3. The maximum absolute atomic E-state index is 12.3. The summed E-state index contributed by atoms with van der Waals surface area (Å²) in [7, 11) is -1.54. The van der Waals surface area contributed by atoms with E-state index in [4.69, 9.17) is 0 Å². The smallest absolute Gasteiger partial charge is 0.240 e. The van der Waals surface area contributed by atoms with Crippen LogP contribution in [-0.2, 0) is 16.6 Å². The molecule has 0 unspecified atom stereocenters. The quantitative estimate of drug-likeness (QED) is 0.548. The van der Waals surface area contributed by atoms with E-state index in [1.165, 1.54) is 32.1 Å². The van der Waals surface area contributed by atoms with Gasteiger partial charge in [0.25, 0.3) is 0 Å². The van der Waals surface area contributed by atoms with Crippen LogP contribution in [0.2, 0.25) is 0 Å². The molecule has 6 nitrogen and oxygen atoms in total. The first-order valence-corrected chi connectivity index (χ1v) is 13.2. The molecular weight excluding hydrogens is 404 g/mol. The molecule has 0 bridgehead atoms. The molecule has 29 heavy (non-hydrogen) atoms. The summed E-state index contributed by atoms with van der Waals surface area (Å²) in [6.07, 6.45) is 8.58. The highest BCUT2D eigenvalue weighted by molar-refractivity contribution is 8.00. The Balaban J connectivity index is 1.34. The number of guanidine groups is 1. The Labute approximate surface area is 179 Å². The zero-order chi connectivity index (χ0) is 20.3. The summed E-state index contributed by atoms with van der Waals surface area (Å²) in [5.74, 6) is 2.10. The minimum Gasteiger partial charge on any atom is -0.352 e. The minimum atomic E-state index is -3.39. The highest BCUT2D eigenvalue weighted by Crippen LogP contribution is 2.42. The minimum absolute atomic E-state index is 0.125. The topological polar surface area (TPSA) is 73.8 Å². The fourth-order valence-electron chi connectivity index (χ4n) is 4.31. The monoisotopic (exact) mass is 436 g/mol. The van der Waals surface area contributed by atoms with Crippen LogP contribution in [0, 0.1) is 0 Å². The van der Waals surface area contributed by atoms with Crippen LogP contribution in [0.4, 0.5) is 0 Å². The molecule has 1 aromatic rings. The molecule has 1 heterocycles. The highest BCUT2D eigenvalue weighted by atomic mass is 32.2. The van der Waals surface area contributed by atoms with Crippen molar-refractivity contribution in [3.8, 4) is 0 Å². The molecule has 8 heteroatoms. The molecule has 160 valence electrons. The first-order chi connectivity index (χ1) is 14.0. The lowest BCUT2D eigenvalue weighted by atomic mass is 9.87. The van der Waals surface area contributed by atoms with Crippen LogP contribution in [0.3, 0.4) is 0 Å². The lowest BCUT2D eigenvalue weighted by molar-refractivity contribution is 0.293. The number of thioether (sulfide) groups is 1. The Hall–Kier alpha value is -1.25. The van der Waals surface area contributed by atoms with E-state index in [1.807, 2.05) is 19.2 Å². The Bertz CT molecular complexity index is 823. The summed E-state index contributed by atoms with van der Waals surface area (Å²) in [4.78, 5) is 7.26. The third-order valence-electron chi connectivity index (χ3n) is 6.11. The third-order valence-corrected chi connectivity index (χ3v) is 9.18. The molecule has 0 aromatic heterocycles. The van der Waals surface area contributed by atoms with Gasteiger partial charge in [-0.15, -0.1) is 0 Å². The maximum Gasteiger partial charge on any atom is 0.240 e. The molecule has 1 saturated heterocycles. The van der Waals surface area contributed by atoms with Crippen molar-refractivity contribution in [1.29, 1.82) is 0 Å². The van der Waals surface area contributed by atoms with Crippen molar-refractivity contribution in [2.45, 2.75) is 67.2 Å². The summed E-state index contributed by atoms with van der Waals surface area (Å²) >= 11 is 2.16. The van der Waals surface area contributed by atoms with E-state index in [-0.39, 0.29) is 6.04 Å². The van der Waals surface area contributed by atoms with Crippen LogP contribution in [0.15, 0.2) is 34.2 Å². The standard InChI is InChI=1S/C21H32N4O2S2/c1-22-20(25-13-14-28-21(16-25)11-3-2-4-12-21)23-15-17-5-9-19(10-6-17)29(26,27)24-18-7-8-18/h5-6,9-10,18,24H,2-4,7-8,11-16H2,1H3,(H,22,23). The van der Waals surface area contributed by atoms with Gasteiger partial charge in [0, 0.05) is 43.2 Å². The number of nitrogens with zero attached hydrogens (tertiary/aromatic N) is 2. The zero-order valence-electron chi connectivity index (χ0n) is 17.2. The first kappa shape index (κ1) is 21.0. The van der Waals surface area contributed by atoms with Crippen molar-refractivity contribution in [1.82, 2.24) is 14.9 Å². The van der Waals surface area contributed by atoms with Crippen molar-refractivity contribution in [2.75, 3.05) is 25.9 Å². The number of nitrogens with one attached hydrogen (secondary N) is 2. The summed E-state index contributed by atoms with van der Waals surface area (Å²) in [6, 6.07) is 7.28. The van der Waals surface area contributed by atoms with Gasteiger partial charge in [0.15, 0.2) is 5.96 Å². The van der Waals surface area contributed by atoms with Gasteiger partial charge in [0.05, 0.1) is 4.90 Å². The van der Waals surface area contributed by atoms with Crippen LogP contribution < -0.4 is 10.0 Å². The molecule has 0 atom stereocenters. The summed E-state index contributed by atoms with van der Waals surface area (Å²) < 4.78 is 27.7. The number of hydrogen-bond acceptors (Lipinski definition) is 4. The van der Waals surface area contributed by atoms with E-state index in [2.05, 4.69) is 31.7 Å². The Morgan fingerprint density at radius 1 is 1.21 bits per heavy atom. The van der Waals surface area contributed by atoms with E-state index in [0.29, 0.717) is 16.2 Å². The van der Waals surface area contributed by atoms with Crippen LogP contribution in [0.1, 0.15) is 50.5 Å². The molecule has 3 aliphatic rings. The molecule has 0 amide bonds.